The molecular weight excluding hydrogens is 1160 g/mol. The molecule has 23 nitrogen and oxygen atoms in total. The zero-order valence-electron chi connectivity index (χ0n) is 54.4. The summed E-state index contributed by atoms with van der Waals surface area (Å²) in [5.74, 6) is -3.66. The van der Waals surface area contributed by atoms with E-state index < -0.39 is 199 Å². The molecule has 0 spiro atoms. The standard InChI is InChI=1S/C66H106O23/c1-14-16-27-81-57(80)50-48(85-58-45(73)43(71)38(30-68)83-58)47(75)49(86-59-46(74)44(72)42(70)37(29-67)82-59)60(87-50)84-41-24-25-63(11)39(62(41,9)10)23-26-64(12)40(63)22-21-35-36-28-61(7,8)53(88-56(79)34(6)20-18-17-19-32(3)4)54(89-55(78)33(5)15-2)66(36,31-69)52(77)51(76)65(35,64)13/h19-21,33,36-54,58-60,67-77H,14-18,22-31H2,1-13H3/b34-20-/t33?,36-,37+,38+,39?,40?,41-,42+,43+,44-,45-,46+,47-,48-,49+,50-,51-,52+,53-,54-,58-,59-,60+,63-,64+,65-,66-/m0/s1. The predicted molar refractivity (Wildman–Crippen MR) is 318 cm³/mol. The van der Waals surface area contributed by atoms with Gasteiger partial charge in [-0.1, -0.05) is 105 Å². The van der Waals surface area contributed by atoms with Gasteiger partial charge in [0.1, 0.15) is 67.1 Å². The van der Waals surface area contributed by atoms with Crippen LogP contribution in [0.5, 0.6) is 0 Å². The van der Waals surface area contributed by atoms with Crippen LogP contribution in [0.2, 0.25) is 0 Å². The molecule has 3 unspecified atom stereocenters. The number of rotatable bonds is 21. The van der Waals surface area contributed by atoms with Crippen molar-refractivity contribution in [3.63, 3.8) is 0 Å². The summed E-state index contributed by atoms with van der Waals surface area (Å²) in [5.41, 5.74) is -3.30. The van der Waals surface area contributed by atoms with Crippen molar-refractivity contribution in [2.24, 2.45) is 56.2 Å². The minimum atomic E-state index is -1.99. The first-order chi connectivity index (χ1) is 41.7. The zero-order valence-corrected chi connectivity index (χ0v) is 54.4. The van der Waals surface area contributed by atoms with Gasteiger partial charge in [-0.15, -0.1) is 0 Å². The fourth-order valence-corrected chi connectivity index (χ4v) is 17.3. The molecule has 4 saturated carbocycles. The number of esters is 3. The van der Waals surface area contributed by atoms with Crippen molar-refractivity contribution in [1.82, 2.24) is 0 Å². The molecule has 8 aliphatic rings. The average molecular weight is 1270 g/mol. The van der Waals surface area contributed by atoms with Gasteiger partial charge in [-0.3, -0.25) is 4.79 Å². The van der Waals surface area contributed by atoms with E-state index in [0.29, 0.717) is 69.8 Å². The van der Waals surface area contributed by atoms with E-state index in [1.807, 2.05) is 54.5 Å². The van der Waals surface area contributed by atoms with Crippen molar-refractivity contribution in [3.8, 4) is 0 Å². The summed E-state index contributed by atoms with van der Waals surface area (Å²) in [5, 5.41) is 125. The molecule has 89 heavy (non-hydrogen) atoms. The highest BCUT2D eigenvalue weighted by atomic mass is 16.8. The van der Waals surface area contributed by atoms with Crippen molar-refractivity contribution in [3.05, 3.63) is 34.9 Å². The van der Waals surface area contributed by atoms with Crippen LogP contribution in [-0.4, -0.2) is 217 Å². The van der Waals surface area contributed by atoms with Gasteiger partial charge in [0.15, 0.2) is 31.1 Å². The number of aliphatic hydroxyl groups excluding tert-OH is 11. The highest BCUT2D eigenvalue weighted by Crippen LogP contribution is 2.76. The molecule has 8 rings (SSSR count). The fraction of sp³-hybridized carbons (Fsp3) is 0.864. The second-order valence-electron chi connectivity index (χ2n) is 29.3. The number of unbranched alkanes of at least 4 members (excludes halogenated alkanes) is 2. The van der Waals surface area contributed by atoms with E-state index in [-0.39, 0.29) is 18.4 Å². The summed E-state index contributed by atoms with van der Waals surface area (Å²) < 4.78 is 55.9. The van der Waals surface area contributed by atoms with Gasteiger partial charge in [-0.05, 0) is 119 Å². The Morgan fingerprint density at radius 1 is 0.685 bits per heavy atom. The average Bonchev–Trinajstić information content (AvgIpc) is 1.11. The van der Waals surface area contributed by atoms with E-state index in [4.69, 9.17) is 42.6 Å². The van der Waals surface area contributed by atoms with Gasteiger partial charge >= 0.3 is 17.9 Å². The topological polar surface area (TPSA) is 357 Å². The van der Waals surface area contributed by atoms with Gasteiger partial charge in [0.25, 0.3) is 0 Å². The number of fused-ring (bicyclic) bond motifs is 7. The first-order valence-corrected chi connectivity index (χ1v) is 32.5. The van der Waals surface area contributed by atoms with Gasteiger partial charge in [-0.2, -0.15) is 0 Å². The summed E-state index contributed by atoms with van der Waals surface area (Å²) in [6.07, 6.45) is -19.0. The van der Waals surface area contributed by atoms with Crippen LogP contribution < -0.4 is 0 Å². The lowest BCUT2D eigenvalue weighted by molar-refractivity contribution is -0.383. The molecular formula is C66H106O23. The van der Waals surface area contributed by atoms with Gasteiger partial charge in [0.2, 0.25) is 0 Å². The lowest BCUT2D eigenvalue weighted by atomic mass is 9.32. The fourth-order valence-electron chi connectivity index (χ4n) is 17.3. The molecule has 3 aliphatic heterocycles. The lowest BCUT2D eigenvalue weighted by Gasteiger charge is -2.73. The third-order valence-corrected chi connectivity index (χ3v) is 23.1. The van der Waals surface area contributed by atoms with E-state index in [2.05, 4.69) is 39.8 Å². The van der Waals surface area contributed by atoms with E-state index in [1.54, 1.807) is 13.8 Å². The molecule has 0 aromatic heterocycles. The Labute approximate surface area is 524 Å². The van der Waals surface area contributed by atoms with E-state index in [9.17, 15) is 70.6 Å². The SMILES string of the molecule is CCCCOC(=O)[C@H]1O[C@@H](O[C@H]2CC[C@@]3(C)C(CC[C@]4(C)C3CC=C3[C@@H]5CC(C)(C)[C@@H](OC(=O)/C(C)=C\CCC=C(C)C)[C@H](OC(=O)C(C)CC)[C@]5(CO)[C@H](O)[C@H](O)[C@]34C)C2(C)C)[C@H](O[C@@H]2O[C@H](CO)[C@@H](O)[C@H](O)[C@H]2O)[C@@H](O)[C@@H]1O[C@@H]1O[C@H](CO)[C@@H](O)[C@@H]1O. The number of carbonyl (C=O) groups is 3. The maximum atomic E-state index is 14.2. The summed E-state index contributed by atoms with van der Waals surface area (Å²) in [6, 6.07) is 0. The summed E-state index contributed by atoms with van der Waals surface area (Å²) in [4.78, 5) is 42.5. The van der Waals surface area contributed by atoms with Crippen molar-refractivity contribution >= 4 is 17.9 Å². The molecule has 11 N–H and O–H groups in total. The highest BCUT2D eigenvalue weighted by Gasteiger charge is 2.76. The van der Waals surface area contributed by atoms with Crippen LogP contribution in [0, 0.1) is 56.2 Å². The summed E-state index contributed by atoms with van der Waals surface area (Å²) in [6.45, 7) is 23.4. The Morgan fingerprint density at radius 2 is 1.29 bits per heavy atom. The van der Waals surface area contributed by atoms with Crippen LogP contribution in [0.15, 0.2) is 34.9 Å². The number of carbonyl (C=O) groups excluding carboxylic acids is 3. The van der Waals surface area contributed by atoms with Gasteiger partial charge in [0.05, 0.1) is 56.1 Å². The Bertz CT molecular complexity index is 2570. The van der Waals surface area contributed by atoms with Crippen molar-refractivity contribution < 1.29 is 113 Å². The minimum absolute atomic E-state index is 0.0493. The molecule has 0 aromatic carbocycles. The lowest BCUT2D eigenvalue weighted by Crippen LogP contribution is -2.76. The molecule has 0 amide bonds. The molecule has 27 atom stereocenters. The Hall–Kier alpha value is -3.05. The maximum absolute atomic E-state index is 14.2. The molecule has 3 saturated heterocycles. The summed E-state index contributed by atoms with van der Waals surface area (Å²) in [7, 11) is 0. The molecule has 3 heterocycles. The van der Waals surface area contributed by atoms with Crippen LogP contribution in [0.25, 0.3) is 0 Å². The summed E-state index contributed by atoms with van der Waals surface area (Å²) >= 11 is 0. The van der Waals surface area contributed by atoms with E-state index in [1.165, 1.54) is 0 Å². The van der Waals surface area contributed by atoms with E-state index >= 15 is 0 Å². The molecule has 0 bridgehead atoms. The van der Waals surface area contributed by atoms with Gasteiger partial charge < -0.3 is 98.8 Å². The molecule has 23 heteroatoms. The number of allylic oxidation sites excluding steroid dienone is 4. The molecule has 0 aromatic rings. The third kappa shape index (κ3) is 12.7. The Balaban J connectivity index is 1.13. The van der Waals surface area contributed by atoms with Crippen LogP contribution in [0.3, 0.4) is 0 Å². The van der Waals surface area contributed by atoms with Gasteiger partial charge in [-0.25, -0.2) is 9.59 Å². The molecule has 508 valence electrons. The second-order valence-corrected chi connectivity index (χ2v) is 29.3. The number of hydrogen-bond acceptors (Lipinski definition) is 23. The van der Waals surface area contributed by atoms with Gasteiger partial charge in [0, 0.05) is 16.4 Å². The predicted octanol–water partition coefficient (Wildman–Crippen LogP) is 3.33. The third-order valence-electron chi connectivity index (χ3n) is 23.1. The smallest absolute Gasteiger partial charge is 0.338 e. The normalized spacial score (nSPS) is 45.3. The quantitative estimate of drug-likeness (QED) is 0.0196. The molecule has 7 fully saturated rings. The highest BCUT2D eigenvalue weighted by molar-refractivity contribution is 5.88. The monoisotopic (exact) mass is 1270 g/mol. The van der Waals surface area contributed by atoms with Crippen LogP contribution >= 0.6 is 0 Å². The largest absolute Gasteiger partial charge is 0.464 e. The van der Waals surface area contributed by atoms with Crippen molar-refractivity contribution in [1.29, 1.82) is 0 Å². The number of hydrogen-bond donors (Lipinski definition) is 11. The van der Waals surface area contributed by atoms with Crippen molar-refractivity contribution in [2.45, 2.75) is 277 Å². The van der Waals surface area contributed by atoms with Crippen molar-refractivity contribution in [2.75, 3.05) is 26.4 Å². The first-order valence-electron chi connectivity index (χ1n) is 32.5. The van der Waals surface area contributed by atoms with Crippen LogP contribution in [0.4, 0.5) is 0 Å². The Morgan fingerprint density at radius 3 is 1.89 bits per heavy atom. The second kappa shape index (κ2) is 27.7. The van der Waals surface area contributed by atoms with Crippen LogP contribution in [-0.2, 0) is 57.0 Å². The first kappa shape index (κ1) is 71.8. The minimum Gasteiger partial charge on any atom is -0.464 e. The maximum Gasteiger partial charge on any atom is 0.338 e. The molecule has 5 aliphatic carbocycles. The number of aliphatic hydroxyl groups is 11. The van der Waals surface area contributed by atoms with E-state index in [0.717, 1.165) is 17.6 Å². The van der Waals surface area contributed by atoms with Crippen LogP contribution in [0.1, 0.15) is 161 Å². The Kier molecular flexibility index (Phi) is 22.4. The number of ether oxygens (including phenoxy) is 9. The molecule has 0 radical (unpaired) electrons. The zero-order chi connectivity index (χ0) is 65.8.